The molecule has 6 nitrogen and oxygen atoms in total. The van der Waals surface area contributed by atoms with E-state index in [4.69, 9.17) is 9.47 Å². The standard InChI is InChI=1S/C18H22N2O4/c21-17-10-13(18(22)19-6-2-1-3-7-19)12-20(17)14-4-5-15-16(11-14)24-9-8-23-15/h4-5,11,13H,1-3,6-10,12H2. The van der Waals surface area contributed by atoms with Crippen molar-refractivity contribution in [2.75, 3.05) is 37.7 Å². The predicted octanol–water partition coefficient (Wildman–Crippen LogP) is 1.82. The molecule has 2 saturated heterocycles. The van der Waals surface area contributed by atoms with Crippen molar-refractivity contribution in [3.63, 3.8) is 0 Å². The Morgan fingerprint density at radius 3 is 2.58 bits per heavy atom. The van der Waals surface area contributed by atoms with E-state index in [0.29, 0.717) is 37.7 Å². The fourth-order valence-electron chi connectivity index (χ4n) is 3.69. The molecule has 1 unspecified atom stereocenters. The van der Waals surface area contributed by atoms with E-state index >= 15 is 0 Å². The number of hydrogen-bond acceptors (Lipinski definition) is 4. The highest BCUT2D eigenvalue weighted by Gasteiger charge is 2.37. The van der Waals surface area contributed by atoms with E-state index in [-0.39, 0.29) is 17.7 Å². The van der Waals surface area contributed by atoms with E-state index < -0.39 is 0 Å². The summed E-state index contributed by atoms with van der Waals surface area (Å²) in [6.07, 6.45) is 3.62. The van der Waals surface area contributed by atoms with Gasteiger partial charge in [0.25, 0.3) is 0 Å². The molecular formula is C18H22N2O4. The molecule has 3 aliphatic rings. The summed E-state index contributed by atoms with van der Waals surface area (Å²) in [7, 11) is 0. The molecule has 2 fully saturated rings. The summed E-state index contributed by atoms with van der Waals surface area (Å²) >= 11 is 0. The van der Waals surface area contributed by atoms with Crippen molar-refractivity contribution >= 4 is 17.5 Å². The van der Waals surface area contributed by atoms with Gasteiger partial charge in [-0.05, 0) is 31.4 Å². The zero-order valence-corrected chi connectivity index (χ0v) is 13.7. The zero-order chi connectivity index (χ0) is 16.5. The van der Waals surface area contributed by atoms with Gasteiger partial charge in [0.1, 0.15) is 13.2 Å². The second-order valence-electron chi connectivity index (χ2n) is 6.62. The van der Waals surface area contributed by atoms with Crippen molar-refractivity contribution in [3.05, 3.63) is 18.2 Å². The Labute approximate surface area is 141 Å². The van der Waals surface area contributed by atoms with Crippen LogP contribution >= 0.6 is 0 Å². The van der Waals surface area contributed by atoms with E-state index in [1.165, 1.54) is 6.42 Å². The van der Waals surface area contributed by atoms with Crippen LogP contribution in [0.4, 0.5) is 5.69 Å². The molecule has 0 bridgehead atoms. The molecule has 0 N–H and O–H groups in total. The molecule has 1 aromatic carbocycles. The lowest BCUT2D eigenvalue weighted by atomic mass is 10.0. The number of rotatable bonds is 2. The van der Waals surface area contributed by atoms with Crippen LogP contribution in [0.1, 0.15) is 25.7 Å². The Bertz CT molecular complexity index is 654. The summed E-state index contributed by atoms with van der Waals surface area (Å²) in [5.41, 5.74) is 0.776. The quantitative estimate of drug-likeness (QED) is 0.830. The summed E-state index contributed by atoms with van der Waals surface area (Å²) in [4.78, 5) is 28.7. The van der Waals surface area contributed by atoms with Crippen LogP contribution in [0.25, 0.3) is 0 Å². The Morgan fingerprint density at radius 1 is 1.04 bits per heavy atom. The molecule has 1 aromatic rings. The first-order valence-electron chi connectivity index (χ1n) is 8.71. The Balaban J connectivity index is 1.48. The van der Waals surface area contributed by atoms with Gasteiger partial charge < -0.3 is 19.3 Å². The van der Waals surface area contributed by atoms with Crippen molar-refractivity contribution in [2.24, 2.45) is 5.92 Å². The van der Waals surface area contributed by atoms with Gasteiger partial charge in [-0.3, -0.25) is 9.59 Å². The molecule has 6 heteroatoms. The number of hydrogen-bond donors (Lipinski definition) is 0. The summed E-state index contributed by atoms with van der Waals surface area (Å²) in [5.74, 6) is 1.27. The molecule has 4 rings (SSSR count). The number of likely N-dealkylation sites (tertiary alicyclic amines) is 1. The lowest BCUT2D eigenvalue weighted by Gasteiger charge is -2.29. The maximum absolute atomic E-state index is 12.7. The molecule has 0 aromatic heterocycles. The van der Waals surface area contributed by atoms with Crippen LogP contribution in [0.15, 0.2) is 18.2 Å². The summed E-state index contributed by atoms with van der Waals surface area (Å²) in [6, 6.07) is 5.52. The number of fused-ring (bicyclic) bond motifs is 1. The van der Waals surface area contributed by atoms with E-state index in [1.807, 2.05) is 23.1 Å². The van der Waals surface area contributed by atoms with Crippen LogP contribution in [-0.4, -0.2) is 49.6 Å². The minimum absolute atomic E-state index is 0.00189. The molecule has 0 saturated carbocycles. The van der Waals surface area contributed by atoms with Gasteiger partial charge in [0.2, 0.25) is 11.8 Å². The molecule has 1 atom stereocenters. The van der Waals surface area contributed by atoms with Gasteiger partial charge in [-0.1, -0.05) is 0 Å². The van der Waals surface area contributed by atoms with Gasteiger partial charge >= 0.3 is 0 Å². The van der Waals surface area contributed by atoms with E-state index in [1.54, 1.807) is 4.90 Å². The molecule has 3 heterocycles. The topological polar surface area (TPSA) is 59.1 Å². The first kappa shape index (κ1) is 15.3. The second kappa shape index (κ2) is 6.34. The average Bonchev–Trinajstić information content (AvgIpc) is 3.03. The third-order valence-electron chi connectivity index (χ3n) is 4.98. The van der Waals surface area contributed by atoms with Crippen molar-refractivity contribution < 1.29 is 19.1 Å². The number of nitrogens with zero attached hydrogens (tertiary/aromatic N) is 2. The molecule has 0 spiro atoms. The lowest BCUT2D eigenvalue weighted by Crippen LogP contribution is -2.40. The summed E-state index contributed by atoms with van der Waals surface area (Å²) in [5, 5.41) is 0. The maximum atomic E-state index is 12.7. The van der Waals surface area contributed by atoms with Crippen molar-refractivity contribution in [3.8, 4) is 11.5 Å². The average molecular weight is 330 g/mol. The number of anilines is 1. The summed E-state index contributed by atoms with van der Waals surface area (Å²) in [6.45, 7) is 3.16. The van der Waals surface area contributed by atoms with E-state index in [0.717, 1.165) is 31.6 Å². The van der Waals surface area contributed by atoms with Gasteiger partial charge in [0.05, 0.1) is 5.92 Å². The Hall–Kier alpha value is -2.24. The van der Waals surface area contributed by atoms with Crippen LogP contribution in [0.5, 0.6) is 11.5 Å². The first-order valence-corrected chi connectivity index (χ1v) is 8.71. The van der Waals surface area contributed by atoms with Crippen molar-refractivity contribution in [2.45, 2.75) is 25.7 Å². The zero-order valence-electron chi connectivity index (χ0n) is 13.7. The van der Waals surface area contributed by atoms with Crippen molar-refractivity contribution in [1.29, 1.82) is 0 Å². The van der Waals surface area contributed by atoms with Crippen molar-refractivity contribution in [1.82, 2.24) is 4.90 Å². The lowest BCUT2D eigenvalue weighted by molar-refractivity contribution is -0.136. The monoisotopic (exact) mass is 330 g/mol. The van der Waals surface area contributed by atoms with Gasteiger partial charge in [0, 0.05) is 37.8 Å². The van der Waals surface area contributed by atoms with Crippen LogP contribution in [-0.2, 0) is 9.59 Å². The molecular weight excluding hydrogens is 308 g/mol. The minimum atomic E-state index is -0.233. The van der Waals surface area contributed by atoms with Crippen LogP contribution < -0.4 is 14.4 Å². The molecule has 128 valence electrons. The largest absolute Gasteiger partial charge is 0.486 e. The van der Waals surface area contributed by atoms with Crippen LogP contribution in [0.2, 0.25) is 0 Å². The highest BCUT2D eigenvalue weighted by atomic mass is 16.6. The molecule has 3 aliphatic heterocycles. The predicted molar refractivity (Wildman–Crippen MR) is 88.3 cm³/mol. The molecule has 24 heavy (non-hydrogen) atoms. The van der Waals surface area contributed by atoms with Gasteiger partial charge in [-0.25, -0.2) is 0 Å². The summed E-state index contributed by atoms with van der Waals surface area (Å²) < 4.78 is 11.1. The van der Waals surface area contributed by atoms with Crippen LogP contribution in [0, 0.1) is 5.92 Å². The third-order valence-corrected chi connectivity index (χ3v) is 4.98. The highest BCUT2D eigenvalue weighted by molar-refractivity contribution is 6.00. The number of piperidine rings is 1. The van der Waals surface area contributed by atoms with E-state index in [9.17, 15) is 9.59 Å². The van der Waals surface area contributed by atoms with E-state index in [2.05, 4.69) is 0 Å². The minimum Gasteiger partial charge on any atom is -0.486 e. The SMILES string of the molecule is O=C(C1CC(=O)N(c2ccc3c(c2)OCCO3)C1)N1CCCCC1. The highest BCUT2D eigenvalue weighted by Crippen LogP contribution is 2.36. The fourth-order valence-corrected chi connectivity index (χ4v) is 3.69. The number of amides is 2. The Morgan fingerprint density at radius 2 is 1.79 bits per heavy atom. The Kier molecular flexibility index (Phi) is 4.04. The number of ether oxygens (including phenoxy) is 2. The van der Waals surface area contributed by atoms with Gasteiger partial charge in [-0.2, -0.15) is 0 Å². The van der Waals surface area contributed by atoms with Gasteiger partial charge in [-0.15, -0.1) is 0 Å². The van der Waals surface area contributed by atoms with Gasteiger partial charge in [0.15, 0.2) is 11.5 Å². The number of carbonyl (C=O) groups is 2. The van der Waals surface area contributed by atoms with Crippen LogP contribution in [0.3, 0.4) is 0 Å². The fraction of sp³-hybridized carbons (Fsp3) is 0.556. The maximum Gasteiger partial charge on any atom is 0.228 e. The smallest absolute Gasteiger partial charge is 0.228 e. The normalized spacial score (nSPS) is 23.5. The third kappa shape index (κ3) is 2.81. The number of benzene rings is 1. The first-order chi connectivity index (χ1) is 11.7. The number of carbonyl (C=O) groups excluding carboxylic acids is 2. The molecule has 2 amide bonds. The molecule has 0 aliphatic carbocycles. The molecule has 0 radical (unpaired) electrons. The second-order valence-corrected chi connectivity index (χ2v) is 6.62.